The molecule has 184 valence electrons. The first-order valence-electron chi connectivity index (χ1n) is 10.9. The second-order valence-corrected chi connectivity index (χ2v) is 9.92. The summed E-state index contributed by atoms with van der Waals surface area (Å²) in [5.41, 5.74) is 4.40. The minimum atomic E-state index is -2.94. The molecular formula is C24H22N6O4S2. The molecule has 0 radical (unpaired) electrons. The molecule has 1 amide bonds. The van der Waals surface area contributed by atoms with Gasteiger partial charge in [0.25, 0.3) is 0 Å². The Labute approximate surface area is 213 Å². The molecule has 12 heteroatoms. The average Bonchev–Trinajstić information content (AvgIpc) is 3.58. The van der Waals surface area contributed by atoms with E-state index < -0.39 is 22.8 Å². The lowest BCUT2D eigenvalue weighted by Crippen LogP contribution is -2.25. The number of nitrogens with zero attached hydrogens (tertiary/aromatic N) is 5. The second-order valence-electron chi connectivity index (χ2n) is 7.90. The number of aromatic nitrogens is 3. The number of rotatable bonds is 10. The minimum absolute atomic E-state index is 0.0246. The van der Waals surface area contributed by atoms with Crippen molar-refractivity contribution < 1.29 is 18.4 Å². The van der Waals surface area contributed by atoms with Crippen molar-refractivity contribution in [1.82, 2.24) is 20.5 Å². The van der Waals surface area contributed by atoms with Crippen LogP contribution in [0.4, 0.5) is 5.00 Å². The molecule has 2 N–H and O–H groups in total. The number of hydrogen-bond donors (Lipinski definition) is 3. The van der Waals surface area contributed by atoms with Gasteiger partial charge >= 0.3 is 0 Å². The van der Waals surface area contributed by atoms with E-state index in [-0.39, 0.29) is 13.0 Å². The van der Waals surface area contributed by atoms with Crippen LogP contribution in [0.1, 0.15) is 29.3 Å². The number of amides is 1. The predicted octanol–water partition coefficient (Wildman–Crippen LogP) is 3.09. The molecule has 2 aromatic heterocycles. The van der Waals surface area contributed by atoms with E-state index in [0.717, 1.165) is 16.0 Å². The van der Waals surface area contributed by atoms with Crippen LogP contribution in [0.2, 0.25) is 0 Å². The highest BCUT2D eigenvalue weighted by Gasteiger charge is 2.20. The summed E-state index contributed by atoms with van der Waals surface area (Å²) in [6.07, 6.45) is 1.90. The summed E-state index contributed by atoms with van der Waals surface area (Å²) in [5, 5.41) is 26.8. The molecule has 36 heavy (non-hydrogen) atoms. The molecule has 10 nitrogen and oxygen atoms in total. The Bertz CT molecular complexity index is 1430. The Morgan fingerprint density at radius 3 is 2.56 bits per heavy atom. The third kappa shape index (κ3) is 6.14. The van der Waals surface area contributed by atoms with Gasteiger partial charge in [-0.25, -0.2) is 18.6 Å². The van der Waals surface area contributed by atoms with E-state index in [1.807, 2.05) is 36.4 Å². The maximum Gasteiger partial charge on any atom is 0.245 e. The molecule has 0 aliphatic rings. The number of nitriles is 1. The molecule has 2 aromatic carbocycles. The van der Waals surface area contributed by atoms with Crippen LogP contribution in [0.3, 0.4) is 0 Å². The fourth-order valence-corrected chi connectivity index (χ4v) is 5.40. The Kier molecular flexibility index (Phi) is 8.06. The van der Waals surface area contributed by atoms with Gasteiger partial charge in [0, 0.05) is 4.88 Å². The van der Waals surface area contributed by atoms with Gasteiger partial charge in [0.05, 0.1) is 36.8 Å². The maximum atomic E-state index is 12.1. The first-order valence-corrected chi connectivity index (χ1v) is 12.8. The monoisotopic (exact) mass is 522 g/mol. The molecule has 0 fully saturated rings. The molecule has 0 saturated carbocycles. The quantitative estimate of drug-likeness (QED) is 0.165. The molecule has 2 heterocycles. The van der Waals surface area contributed by atoms with Crippen LogP contribution in [0.5, 0.6) is 0 Å². The topological polar surface area (TPSA) is 141 Å². The van der Waals surface area contributed by atoms with Crippen LogP contribution in [0.15, 0.2) is 72.9 Å². The Morgan fingerprint density at radius 1 is 1.14 bits per heavy atom. The average molecular weight is 523 g/mol. The van der Waals surface area contributed by atoms with Gasteiger partial charge in [-0.3, -0.25) is 14.3 Å². The van der Waals surface area contributed by atoms with Crippen LogP contribution in [-0.2, 0) is 28.7 Å². The SMILES string of the molecule is N#Cc1ccc(C[C@@H](CC(=O)NO)n2cc(CN(c3ccc(-c4ccccc4)s3)[SH](=O)=O)nn2)cc1. The second kappa shape index (κ2) is 11.6. The fourth-order valence-electron chi connectivity index (χ4n) is 3.66. The van der Waals surface area contributed by atoms with E-state index in [2.05, 4.69) is 16.4 Å². The zero-order valence-electron chi connectivity index (χ0n) is 18.9. The zero-order valence-corrected chi connectivity index (χ0v) is 20.6. The Morgan fingerprint density at radius 2 is 1.89 bits per heavy atom. The molecule has 4 rings (SSSR count). The number of hydrogen-bond acceptors (Lipinski definition) is 8. The number of nitrogens with one attached hydrogen (secondary N) is 1. The molecule has 0 spiro atoms. The van der Waals surface area contributed by atoms with E-state index in [9.17, 15) is 13.2 Å². The summed E-state index contributed by atoms with van der Waals surface area (Å²) in [7, 11) is -2.94. The van der Waals surface area contributed by atoms with Crippen molar-refractivity contribution in [3.8, 4) is 16.5 Å². The van der Waals surface area contributed by atoms with E-state index >= 15 is 0 Å². The summed E-state index contributed by atoms with van der Waals surface area (Å²) in [5.74, 6) is -0.595. The van der Waals surface area contributed by atoms with E-state index in [1.54, 1.807) is 42.0 Å². The van der Waals surface area contributed by atoms with Crippen molar-refractivity contribution in [2.24, 2.45) is 0 Å². The summed E-state index contributed by atoms with van der Waals surface area (Å²) < 4.78 is 26.9. The van der Waals surface area contributed by atoms with Crippen LogP contribution in [0, 0.1) is 11.3 Å². The molecule has 0 aliphatic heterocycles. The smallest absolute Gasteiger partial charge is 0.245 e. The van der Waals surface area contributed by atoms with Gasteiger partial charge in [-0.05, 0) is 41.8 Å². The van der Waals surface area contributed by atoms with Crippen molar-refractivity contribution in [3.63, 3.8) is 0 Å². The number of thiophene rings is 1. The van der Waals surface area contributed by atoms with Gasteiger partial charge in [-0.15, -0.1) is 16.4 Å². The summed E-state index contributed by atoms with van der Waals surface area (Å²) in [4.78, 5) is 12.9. The first-order chi connectivity index (χ1) is 17.5. The van der Waals surface area contributed by atoms with Crippen LogP contribution >= 0.6 is 11.3 Å². The van der Waals surface area contributed by atoms with Crippen molar-refractivity contribution in [2.45, 2.75) is 25.4 Å². The summed E-state index contributed by atoms with van der Waals surface area (Å²) >= 11 is 1.35. The van der Waals surface area contributed by atoms with Gasteiger partial charge in [0.15, 0.2) is 0 Å². The van der Waals surface area contributed by atoms with Crippen molar-refractivity contribution in [2.75, 3.05) is 4.31 Å². The van der Waals surface area contributed by atoms with Crippen LogP contribution in [0.25, 0.3) is 10.4 Å². The normalized spacial score (nSPS) is 11.7. The lowest BCUT2D eigenvalue weighted by molar-refractivity contribution is -0.130. The Hall–Kier alpha value is -4.05. The molecule has 0 aliphatic carbocycles. The standard InChI is InChI=1S/C24H22N6O4S2/c25-14-18-8-6-17(7-9-18)12-21(13-23(31)27-32)29-15-20(26-28-29)16-30(36(33)34)24-11-10-22(35-24)19-4-2-1-3-5-19/h1-11,15,21,32,36H,12-13,16H2,(H,27,31)/t21-/m0/s1. The highest BCUT2D eigenvalue weighted by molar-refractivity contribution is 7.74. The molecular weight excluding hydrogens is 500 g/mol. The highest BCUT2D eigenvalue weighted by atomic mass is 32.2. The van der Waals surface area contributed by atoms with E-state index in [4.69, 9.17) is 10.5 Å². The lowest BCUT2D eigenvalue weighted by Gasteiger charge is -2.16. The molecule has 4 aromatic rings. The highest BCUT2D eigenvalue weighted by Crippen LogP contribution is 2.34. The molecule has 1 atom stereocenters. The van der Waals surface area contributed by atoms with Gasteiger partial charge in [-0.1, -0.05) is 47.7 Å². The lowest BCUT2D eigenvalue weighted by atomic mass is 10.0. The first kappa shape index (κ1) is 25.1. The molecule has 0 saturated heterocycles. The van der Waals surface area contributed by atoms with E-state index in [1.165, 1.54) is 20.3 Å². The van der Waals surface area contributed by atoms with Crippen molar-refractivity contribution >= 4 is 33.1 Å². The number of benzene rings is 2. The summed E-state index contributed by atoms with van der Waals surface area (Å²) in [6.45, 7) is -0.0246. The number of anilines is 1. The van der Waals surface area contributed by atoms with Crippen LogP contribution < -0.4 is 9.79 Å². The van der Waals surface area contributed by atoms with Crippen LogP contribution in [-0.4, -0.2) is 34.5 Å². The Balaban J connectivity index is 1.54. The van der Waals surface area contributed by atoms with Gasteiger partial charge in [-0.2, -0.15) is 5.26 Å². The van der Waals surface area contributed by atoms with Crippen molar-refractivity contribution in [3.05, 3.63) is 89.7 Å². The van der Waals surface area contributed by atoms with Gasteiger partial charge < -0.3 is 0 Å². The third-order valence-corrected chi connectivity index (χ3v) is 7.49. The van der Waals surface area contributed by atoms with Gasteiger partial charge in [0.2, 0.25) is 16.8 Å². The summed E-state index contributed by atoms with van der Waals surface area (Å²) in [6, 6.07) is 21.8. The minimum Gasteiger partial charge on any atom is -0.289 e. The number of thiol groups is 1. The number of hydroxylamine groups is 1. The fraction of sp³-hybridized carbons (Fsp3) is 0.167. The van der Waals surface area contributed by atoms with E-state index in [0.29, 0.717) is 22.7 Å². The molecule has 0 bridgehead atoms. The largest absolute Gasteiger partial charge is 0.289 e. The number of carbonyl (C=O) groups excluding carboxylic acids is 1. The third-order valence-electron chi connectivity index (χ3n) is 5.45. The predicted molar refractivity (Wildman–Crippen MR) is 135 cm³/mol. The van der Waals surface area contributed by atoms with Crippen molar-refractivity contribution in [1.29, 1.82) is 5.26 Å². The molecule has 0 unspecified atom stereocenters. The maximum absolute atomic E-state index is 12.1. The van der Waals surface area contributed by atoms with Gasteiger partial charge in [0.1, 0.15) is 10.7 Å². The zero-order chi connectivity index (χ0) is 25.5. The number of carbonyl (C=O) groups is 1.